The third-order valence-corrected chi connectivity index (χ3v) is 3.97. The van der Waals surface area contributed by atoms with E-state index < -0.39 is 0 Å². The van der Waals surface area contributed by atoms with Gasteiger partial charge in [-0.05, 0) is 44.0 Å². The molecule has 0 aliphatic carbocycles. The summed E-state index contributed by atoms with van der Waals surface area (Å²) in [7, 11) is 0. The van der Waals surface area contributed by atoms with Crippen LogP contribution in [0.15, 0.2) is 30.5 Å². The molecule has 0 bridgehead atoms. The van der Waals surface area contributed by atoms with Gasteiger partial charge in [-0.15, -0.1) is 0 Å². The highest BCUT2D eigenvalue weighted by Gasteiger charge is 2.21. The van der Waals surface area contributed by atoms with Gasteiger partial charge in [0.25, 0.3) is 0 Å². The van der Waals surface area contributed by atoms with E-state index in [0.717, 1.165) is 49.1 Å². The van der Waals surface area contributed by atoms with Crippen LogP contribution in [0.25, 0.3) is 10.9 Å². The Morgan fingerprint density at radius 2 is 2.10 bits per heavy atom. The SMILES string of the molecule is CCOC1CCN(c2ccc(N)c3cccnc23)CC1. The average Bonchev–Trinajstić information content (AvgIpc) is 2.49. The Hall–Kier alpha value is -1.81. The van der Waals surface area contributed by atoms with Crippen molar-refractivity contribution < 1.29 is 4.74 Å². The summed E-state index contributed by atoms with van der Waals surface area (Å²) in [6.45, 7) is 4.89. The normalized spacial score (nSPS) is 16.8. The summed E-state index contributed by atoms with van der Waals surface area (Å²) in [6, 6.07) is 8.04. The summed E-state index contributed by atoms with van der Waals surface area (Å²) in [6.07, 6.45) is 4.39. The lowest BCUT2D eigenvalue weighted by Crippen LogP contribution is -2.37. The molecule has 2 aromatic rings. The maximum absolute atomic E-state index is 6.04. The number of rotatable bonds is 3. The molecule has 1 aromatic heterocycles. The number of fused-ring (bicyclic) bond motifs is 1. The molecule has 0 amide bonds. The van der Waals surface area contributed by atoms with E-state index in [2.05, 4.69) is 22.9 Å². The molecule has 2 heterocycles. The first-order valence-corrected chi connectivity index (χ1v) is 7.29. The number of anilines is 2. The zero-order valence-corrected chi connectivity index (χ0v) is 11.9. The van der Waals surface area contributed by atoms with Gasteiger partial charge in [0.05, 0.1) is 17.3 Å². The van der Waals surface area contributed by atoms with Crippen LogP contribution in [0.3, 0.4) is 0 Å². The standard InChI is InChI=1S/C16H21N3O/c1-2-20-12-7-10-19(11-8-12)15-6-5-14(17)13-4-3-9-18-16(13)15/h3-6,9,12H,2,7-8,10-11,17H2,1H3. The van der Waals surface area contributed by atoms with Crippen LogP contribution in [0.5, 0.6) is 0 Å². The number of benzene rings is 1. The number of hydrogen-bond acceptors (Lipinski definition) is 4. The molecule has 1 fully saturated rings. The van der Waals surface area contributed by atoms with Crippen LogP contribution >= 0.6 is 0 Å². The van der Waals surface area contributed by atoms with E-state index >= 15 is 0 Å². The average molecular weight is 271 g/mol. The van der Waals surface area contributed by atoms with E-state index in [1.165, 1.54) is 5.69 Å². The first-order valence-electron chi connectivity index (χ1n) is 7.29. The van der Waals surface area contributed by atoms with E-state index in [1.54, 1.807) is 0 Å². The third kappa shape index (κ3) is 2.43. The fourth-order valence-electron chi connectivity index (χ4n) is 2.93. The van der Waals surface area contributed by atoms with E-state index in [9.17, 15) is 0 Å². The van der Waals surface area contributed by atoms with Crippen LogP contribution in [-0.2, 0) is 4.74 Å². The zero-order valence-electron chi connectivity index (χ0n) is 11.9. The summed E-state index contributed by atoms with van der Waals surface area (Å²) in [5.41, 5.74) is 9.02. The largest absolute Gasteiger partial charge is 0.398 e. The van der Waals surface area contributed by atoms with Crippen molar-refractivity contribution in [1.82, 2.24) is 4.98 Å². The van der Waals surface area contributed by atoms with Gasteiger partial charge in [0.1, 0.15) is 0 Å². The minimum Gasteiger partial charge on any atom is -0.398 e. The van der Waals surface area contributed by atoms with Gasteiger partial charge < -0.3 is 15.4 Å². The highest BCUT2D eigenvalue weighted by atomic mass is 16.5. The van der Waals surface area contributed by atoms with Gasteiger partial charge in [-0.3, -0.25) is 4.98 Å². The second-order valence-corrected chi connectivity index (χ2v) is 5.22. The molecule has 3 rings (SSSR count). The Bertz CT molecular complexity index is 591. The maximum atomic E-state index is 6.04. The lowest BCUT2D eigenvalue weighted by atomic mass is 10.1. The molecule has 1 aliphatic heterocycles. The van der Waals surface area contributed by atoms with Gasteiger partial charge in [-0.2, -0.15) is 0 Å². The Kier molecular flexibility index (Phi) is 3.74. The second kappa shape index (κ2) is 5.67. The molecule has 1 aromatic carbocycles. The molecular formula is C16H21N3O. The van der Waals surface area contributed by atoms with Crippen LogP contribution in [0.4, 0.5) is 11.4 Å². The van der Waals surface area contributed by atoms with Crippen molar-refractivity contribution in [2.75, 3.05) is 30.3 Å². The zero-order chi connectivity index (χ0) is 13.9. The molecule has 0 saturated carbocycles. The van der Waals surface area contributed by atoms with Crippen molar-refractivity contribution in [3.8, 4) is 0 Å². The van der Waals surface area contributed by atoms with Crippen LogP contribution in [0.1, 0.15) is 19.8 Å². The lowest BCUT2D eigenvalue weighted by molar-refractivity contribution is 0.0459. The number of hydrogen-bond donors (Lipinski definition) is 1. The molecule has 4 heteroatoms. The van der Waals surface area contributed by atoms with Gasteiger partial charge in [0.15, 0.2) is 0 Å². The second-order valence-electron chi connectivity index (χ2n) is 5.22. The molecule has 0 atom stereocenters. The number of nitrogens with two attached hydrogens (primary N) is 1. The van der Waals surface area contributed by atoms with E-state index in [0.29, 0.717) is 6.10 Å². The number of piperidine rings is 1. The molecule has 4 nitrogen and oxygen atoms in total. The molecule has 0 radical (unpaired) electrons. The summed E-state index contributed by atoms with van der Waals surface area (Å²) in [5, 5.41) is 1.04. The predicted molar refractivity (Wildman–Crippen MR) is 83.0 cm³/mol. The van der Waals surface area contributed by atoms with Gasteiger partial charge in [0.2, 0.25) is 0 Å². The minimum absolute atomic E-state index is 0.407. The molecule has 1 aliphatic rings. The first kappa shape index (κ1) is 13.2. The highest BCUT2D eigenvalue weighted by molar-refractivity contribution is 5.98. The van der Waals surface area contributed by atoms with Crippen molar-refractivity contribution in [3.05, 3.63) is 30.5 Å². The summed E-state index contributed by atoms with van der Waals surface area (Å²) >= 11 is 0. The molecular weight excluding hydrogens is 250 g/mol. The molecule has 0 unspecified atom stereocenters. The van der Waals surface area contributed by atoms with Crippen molar-refractivity contribution >= 4 is 22.3 Å². The summed E-state index contributed by atoms with van der Waals surface area (Å²) in [5.74, 6) is 0. The third-order valence-electron chi connectivity index (χ3n) is 3.97. The smallest absolute Gasteiger partial charge is 0.0955 e. The van der Waals surface area contributed by atoms with Crippen molar-refractivity contribution in [2.45, 2.75) is 25.9 Å². The molecule has 106 valence electrons. The van der Waals surface area contributed by atoms with Crippen LogP contribution in [-0.4, -0.2) is 30.8 Å². The fourth-order valence-corrected chi connectivity index (χ4v) is 2.93. The number of ether oxygens (including phenoxy) is 1. The molecule has 0 spiro atoms. The monoisotopic (exact) mass is 271 g/mol. The van der Waals surface area contributed by atoms with Crippen molar-refractivity contribution in [2.24, 2.45) is 0 Å². The van der Waals surface area contributed by atoms with Gasteiger partial charge in [-0.25, -0.2) is 0 Å². The van der Waals surface area contributed by atoms with E-state index in [1.807, 2.05) is 24.4 Å². The first-order chi connectivity index (χ1) is 9.79. The fraction of sp³-hybridized carbons (Fsp3) is 0.438. The topological polar surface area (TPSA) is 51.4 Å². The van der Waals surface area contributed by atoms with Crippen molar-refractivity contribution in [3.63, 3.8) is 0 Å². The number of nitrogen functional groups attached to an aromatic ring is 1. The van der Waals surface area contributed by atoms with Crippen LogP contribution in [0, 0.1) is 0 Å². The van der Waals surface area contributed by atoms with Gasteiger partial charge >= 0.3 is 0 Å². The Balaban J connectivity index is 1.87. The summed E-state index contributed by atoms with van der Waals surface area (Å²) in [4.78, 5) is 6.91. The van der Waals surface area contributed by atoms with Crippen LogP contribution < -0.4 is 10.6 Å². The number of nitrogens with zero attached hydrogens (tertiary/aromatic N) is 2. The summed E-state index contributed by atoms with van der Waals surface area (Å²) < 4.78 is 5.71. The predicted octanol–water partition coefficient (Wildman–Crippen LogP) is 2.82. The van der Waals surface area contributed by atoms with E-state index in [4.69, 9.17) is 10.5 Å². The number of aromatic nitrogens is 1. The lowest BCUT2D eigenvalue weighted by Gasteiger charge is -2.33. The van der Waals surface area contributed by atoms with Crippen LogP contribution in [0.2, 0.25) is 0 Å². The van der Waals surface area contributed by atoms with Gasteiger partial charge in [-0.1, -0.05) is 0 Å². The molecule has 2 N–H and O–H groups in total. The Morgan fingerprint density at radius 1 is 1.30 bits per heavy atom. The Morgan fingerprint density at radius 3 is 2.85 bits per heavy atom. The van der Waals surface area contributed by atoms with E-state index in [-0.39, 0.29) is 0 Å². The minimum atomic E-state index is 0.407. The highest BCUT2D eigenvalue weighted by Crippen LogP contribution is 2.31. The Labute approximate surface area is 119 Å². The van der Waals surface area contributed by atoms with Crippen molar-refractivity contribution in [1.29, 1.82) is 0 Å². The quantitative estimate of drug-likeness (QED) is 0.872. The van der Waals surface area contributed by atoms with Gasteiger partial charge in [0, 0.05) is 37.0 Å². The number of pyridine rings is 1. The maximum Gasteiger partial charge on any atom is 0.0955 e. The molecule has 1 saturated heterocycles. The molecule has 20 heavy (non-hydrogen) atoms.